The van der Waals surface area contributed by atoms with Crippen LogP contribution in [0.5, 0.6) is 0 Å². The van der Waals surface area contributed by atoms with Crippen LogP contribution in [0.15, 0.2) is 29.3 Å². The summed E-state index contributed by atoms with van der Waals surface area (Å²) in [5.74, 6) is 1.52. The maximum atomic E-state index is 13.6. The summed E-state index contributed by atoms with van der Waals surface area (Å²) in [5.41, 5.74) is 0.647. The Bertz CT molecular complexity index is 451. The number of aliphatic imine (C=N–C) groups is 1. The lowest BCUT2D eigenvalue weighted by Gasteiger charge is -2.33. The number of nitrogens with one attached hydrogen (secondary N) is 1. The highest BCUT2D eigenvalue weighted by Crippen LogP contribution is 2.16. The van der Waals surface area contributed by atoms with Gasteiger partial charge in [-0.15, -0.1) is 0 Å². The van der Waals surface area contributed by atoms with E-state index in [0.29, 0.717) is 12.1 Å². The molecule has 0 aliphatic carbocycles. The van der Waals surface area contributed by atoms with Gasteiger partial charge in [0.2, 0.25) is 0 Å². The summed E-state index contributed by atoms with van der Waals surface area (Å²) in [4.78, 5) is 6.87. The summed E-state index contributed by atoms with van der Waals surface area (Å²) >= 11 is 0. The fourth-order valence-electron chi connectivity index (χ4n) is 2.43. The van der Waals surface area contributed by atoms with Crippen LogP contribution in [-0.2, 0) is 6.54 Å². The minimum atomic E-state index is -0.181. The molecule has 1 aromatic rings. The third-order valence-electron chi connectivity index (χ3n) is 3.78. The lowest BCUT2D eigenvalue weighted by molar-refractivity contribution is 0.273. The van der Waals surface area contributed by atoms with Gasteiger partial charge in [0.05, 0.1) is 6.54 Å². The summed E-state index contributed by atoms with van der Waals surface area (Å²) in [7, 11) is 0. The van der Waals surface area contributed by atoms with Crippen molar-refractivity contribution in [3.05, 3.63) is 35.6 Å². The van der Waals surface area contributed by atoms with Crippen molar-refractivity contribution in [2.75, 3.05) is 19.6 Å². The van der Waals surface area contributed by atoms with Crippen LogP contribution in [0.25, 0.3) is 0 Å². The number of benzene rings is 1. The molecule has 0 aromatic heterocycles. The molecule has 1 aromatic carbocycles. The summed E-state index contributed by atoms with van der Waals surface area (Å²) < 4.78 is 13.6. The number of piperidine rings is 1. The highest BCUT2D eigenvalue weighted by atomic mass is 19.1. The zero-order chi connectivity index (χ0) is 14.4. The molecule has 20 heavy (non-hydrogen) atoms. The van der Waals surface area contributed by atoms with Crippen LogP contribution in [-0.4, -0.2) is 30.5 Å². The molecule has 110 valence electrons. The van der Waals surface area contributed by atoms with Gasteiger partial charge in [0, 0.05) is 25.2 Å². The van der Waals surface area contributed by atoms with Crippen molar-refractivity contribution in [3.8, 4) is 0 Å². The van der Waals surface area contributed by atoms with E-state index in [4.69, 9.17) is 0 Å². The van der Waals surface area contributed by atoms with Crippen molar-refractivity contribution in [1.82, 2.24) is 10.2 Å². The third kappa shape index (κ3) is 3.95. The molecule has 1 aliphatic rings. The van der Waals surface area contributed by atoms with E-state index in [1.165, 1.54) is 18.9 Å². The number of likely N-dealkylation sites (tertiary alicyclic amines) is 1. The lowest BCUT2D eigenvalue weighted by Crippen LogP contribution is -2.45. The second-order valence-corrected chi connectivity index (χ2v) is 5.43. The Kier molecular flexibility index (Phi) is 5.39. The fraction of sp³-hybridized carbons (Fsp3) is 0.562. The van der Waals surface area contributed by atoms with Crippen molar-refractivity contribution < 1.29 is 4.39 Å². The average molecular weight is 277 g/mol. The van der Waals surface area contributed by atoms with E-state index in [1.54, 1.807) is 12.1 Å². The summed E-state index contributed by atoms with van der Waals surface area (Å²) in [6, 6.07) is 6.84. The monoisotopic (exact) mass is 277 g/mol. The van der Waals surface area contributed by atoms with E-state index < -0.39 is 0 Å². The topological polar surface area (TPSA) is 27.6 Å². The molecule has 1 saturated heterocycles. The first kappa shape index (κ1) is 14.8. The van der Waals surface area contributed by atoms with E-state index in [9.17, 15) is 4.39 Å². The number of rotatable bonds is 3. The molecule has 3 nitrogen and oxygen atoms in total. The Morgan fingerprint density at radius 1 is 1.35 bits per heavy atom. The van der Waals surface area contributed by atoms with Crippen LogP contribution in [0.3, 0.4) is 0 Å². The van der Waals surface area contributed by atoms with E-state index in [-0.39, 0.29) is 5.82 Å². The van der Waals surface area contributed by atoms with Crippen molar-refractivity contribution in [1.29, 1.82) is 0 Å². The van der Waals surface area contributed by atoms with E-state index in [1.807, 2.05) is 6.07 Å². The highest BCUT2D eigenvalue weighted by Gasteiger charge is 2.18. The summed E-state index contributed by atoms with van der Waals surface area (Å²) in [5, 5.41) is 3.31. The minimum Gasteiger partial charge on any atom is -0.357 e. The smallest absolute Gasteiger partial charge is 0.194 e. The van der Waals surface area contributed by atoms with E-state index in [2.05, 4.69) is 29.1 Å². The molecule has 2 rings (SSSR count). The van der Waals surface area contributed by atoms with Crippen molar-refractivity contribution in [3.63, 3.8) is 0 Å². The highest BCUT2D eigenvalue weighted by molar-refractivity contribution is 5.80. The number of nitrogens with zero attached hydrogens (tertiary/aromatic N) is 2. The number of hydrogen-bond donors (Lipinski definition) is 1. The number of hydrogen-bond acceptors (Lipinski definition) is 1. The maximum absolute atomic E-state index is 13.6. The largest absolute Gasteiger partial charge is 0.357 e. The van der Waals surface area contributed by atoms with Crippen LogP contribution in [0.4, 0.5) is 4.39 Å². The van der Waals surface area contributed by atoms with Gasteiger partial charge in [-0.2, -0.15) is 0 Å². The predicted molar refractivity (Wildman–Crippen MR) is 81.2 cm³/mol. The molecule has 0 spiro atoms. The lowest BCUT2D eigenvalue weighted by atomic mass is 10.00. The Morgan fingerprint density at radius 2 is 2.05 bits per heavy atom. The number of halogens is 1. The molecule has 1 N–H and O–H groups in total. The standard InChI is InChI=1S/C16H24FN3/c1-3-18-16(20-10-8-13(2)9-11-20)19-12-14-6-4-5-7-15(14)17/h4-7,13H,3,8-12H2,1-2H3,(H,18,19). The molecule has 0 bridgehead atoms. The quantitative estimate of drug-likeness (QED) is 0.679. The Hall–Kier alpha value is -1.58. The predicted octanol–water partition coefficient (Wildman–Crippen LogP) is 3.02. The van der Waals surface area contributed by atoms with E-state index in [0.717, 1.165) is 31.5 Å². The first-order chi connectivity index (χ1) is 9.70. The summed E-state index contributed by atoms with van der Waals surface area (Å²) in [6.45, 7) is 7.64. The van der Waals surface area contributed by atoms with Crippen LogP contribution in [0.1, 0.15) is 32.3 Å². The van der Waals surface area contributed by atoms with Gasteiger partial charge >= 0.3 is 0 Å². The molecule has 0 atom stereocenters. The Balaban J connectivity index is 2.04. The van der Waals surface area contributed by atoms with Crippen LogP contribution in [0, 0.1) is 11.7 Å². The van der Waals surface area contributed by atoms with E-state index >= 15 is 0 Å². The molecule has 4 heteroatoms. The van der Waals surface area contributed by atoms with Crippen LogP contribution >= 0.6 is 0 Å². The molecular formula is C16H24FN3. The van der Waals surface area contributed by atoms with Crippen molar-refractivity contribution >= 4 is 5.96 Å². The van der Waals surface area contributed by atoms with Gasteiger partial charge in [-0.3, -0.25) is 0 Å². The minimum absolute atomic E-state index is 0.181. The van der Waals surface area contributed by atoms with Crippen LogP contribution in [0.2, 0.25) is 0 Å². The van der Waals surface area contributed by atoms with Gasteiger partial charge in [-0.05, 0) is 31.7 Å². The SMILES string of the molecule is CCNC(=NCc1ccccc1F)N1CCC(C)CC1. The third-order valence-corrected chi connectivity index (χ3v) is 3.78. The summed E-state index contributed by atoms with van der Waals surface area (Å²) in [6.07, 6.45) is 2.40. The Labute approximate surface area is 120 Å². The van der Waals surface area contributed by atoms with Gasteiger partial charge in [-0.25, -0.2) is 9.38 Å². The fourth-order valence-corrected chi connectivity index (χ4v) is 2.43. The molecule has 1 aliphatic heterocycles. The van der Waals surface area contributed by atoms with Crippen molar-refractivity contribution in [2.45, 2.75) is 33.2 Å². The Morgan fingerprint density at radius 3 is 2.70 bits per heavy atom. The average Bonchev–Trinajstić information content (AvgIpc) is 2.46. The molecule has 1 fully saturated rings. The molecule has 0 saturated carbocycles. The molecule has 0 radical (unpaired) electrons. The van der Waals surface area contributed by atoms with Gasteiger partial charge in [-0.1, -0.05) is 25.1 Å². The molecule has 0 amide bonds. The first-order valence-corrected chi connectivity index (χ1v) is 7.47. The van der Waals surface area contributed by atoms with Crippen molar-refractivity contribution in [2.24, 2.45) is 10.9 Å². The van der Waals surface area contributed by atoms with Gasteiger partial charge < -0.3 is 10.2 Å². The zero-order valence-electron chi connectivity index (χ0n) is 12.4. The maximum Gasteiger partial charge on any atom is 0.194 e. The van der Waals surface area contributed by atoms with Gasteiger partial charge in [0.25, 0.3) is 0 Å². The molecular weight excluding hydrogens is 253 g/mol. The zero-order valence-corrected chi connectivity index (χ0v) is 12.4. The number of guanidine groups is 1. The second-order valence-electron chi connectivity index (χ2n) is 5.43. The van der Waals surface area contributed by atoms with Gasteiger partial charge in [0.15, 0.2) is 5.96 Å². The first-order valence-electron chi connectivity index (χ1n) is 7.47. The normalized spacial score (nSPS) is 17.4. The van der Waals surface area contributed by atoms with Gasteiger partial charge in [0.1, 0.15) is 5.82 Å². The molecule has 0 unspecified atom stereocenters. The van der Waals surface area contributed by atoms with Crippen LogP contribution < -0.4 is 5.32 Å². The molecule has 1 heterocycles. The second kappa shape index (κ2) is 7.27.